The van der Waals surface area contributed by atoms with Crippen molar-refractivity contribution >= 4 is 17.6 Å². The first-order chi connectivity index (χ1) is 16.3. The quantitative estimate of drug-likeness (QED) is 0.561. The Balaban J connectivity index is 1.58. The topological polar surface area (TPSA) is 116 Å². The number of fused-ring (bicyclic) bond motifs is 1. The molecule has 3 aromatic rings. The summed E-state index contributed by atoms with van der Waals surface area (Å²) in [5, 5.41) is 17.3. The van der Waals surface area contributed by atoms with Gasteiger partial charge >= 0.3 is 6.03 Å². The molecule has 4 rings (SSSR count). The van der Waals surface area contributed by atoms with Gasteiger partial charge in [-0.1, -0.05) is 12.1 Å². The zero-order valence-electron chi connectivity index (χ0n) is 19.2. The highest BCUT2D eigenvalue weighted by molar-refractivity contribution is 6.08. The predicted molar refractivity (Wildman–Crippen MR) is 130 cm³/mol. The highest BCUT2D eigenvalue weighted by Crippen LogP contribution is 2.27. The number of anilines is 1. The minimum Gasteiger partial charge on any atom is -0.315 e. The first-order valence-corrected chi connectivity index (χ1v) is 11.0. The molecule has 0 fully saturated rings. The smallest absolute Gasteiger partial charge is 0.315 e. The normalized spacial score (nSPS) is 14.6. The van der Waals surface area contributed by atoms with Crippen LogP contribution in [0.2, 0.25) is 0 Å². The van der Waals surface area contributed by atoms with Gasteiger partial charge in [0.05, 0.1) is 11.6 Å². The predicted octanol–water partition coefficient (Wildman–Crippen LogP) is 3.23. The molecule has 34 heavy (non-hydrogen) atoms. The summed E-state index contributed by atoms with van der Waals surface area (Å²) in [7, 11) is 1.79. The summed E-state index contributed by atoms with van der Waals surface area (Å²) >= 11 is 0. The number of carbonyl (C=O) groups excluding carboxylic acids is 2. The van der Waals surface area contributed by atoms with Crippen molar-refractivity contribution in [2.45, 2.75) is 32.9 Å². The van der Waals surface area contributed by atoms with Gasteiger partial charge in [-0.25, -0.2) is 4.79 Å². The van der Waals surface area contributed by atoms with E-state index in [2.05, 4.69) is 22.9 Å². The Kier molecular flexibility index (Phi) is 6.30. The molecule has 1 aromatic heterocycles. The summed E-state index contributed by atoms with van der Waals surface area (Å²) in [5.41, 5.74) is 5.17. The number of urea groups is 1. The van der Waals surface area contributed by atoms with Crippen LogP contribution in [0.1, 0.15) is 39.7 Å². The average Bonchev–Trinajstić information content (AvgIpc) is 2.83. The molecule has 172 valence electrons. The molecule has 3 amide bonds. The molecule has 2 aromatic carbocycles. The second kappa shape index (κ2) is 9.33. The molecule has 8 heteroatoms. The largest absolute Gasteiger partial charge is 0.326 e. The van der Waals surface area contributed by atoms with Crippen molar-refractivity contribution in [2.24, 2.45) is 7.05 Å². The number of nitrogens with one attached hydrogen (secondary N) is 3. The fraction of sp³-hybridized carbons (Fsp3) is 0.231. The van der Waals surface area contributed by atoms with E-state index in [4.69, 9.17) is 5.26 Å². The Labute approximate surface area is 197 Å². The van der Waals surface area contributed by atoms with Crippen LogP contribution in [0.15, 0.2) is 53.3 Å². The molecule has 0 radical (unpaired) electrons. The standard InChI is InChI=1S/C26H25N5O3/c1-15-7-8-20(29-26(34)30-24(32)18-6-4-5-17(10-18)13-27)12-21(15)22-11-19-14-28-16(2)9-23(19)31(3)25(22)33/h4-8,10-12,16,28H,9,14H2,1-3H3,(H2,29,30,32,34). The molecule has 1 unspecified atom stereocenters. The molecule has 0 saturated carbocycles. The maximum absolute atomic E-state index is 13.2. The Morgan fingerprint density at radius 2 is 1.94 bits per heavy atom. The Bertz CT molecular complexity index is 1400. The number of amides is 3. The molecule has 8 nitrogen and oxygen atoms in total. The maximum Gasteiger partial charge on any atom is 0.326 e. The summed E-state index contributed by atoms with van der Waals surface area (Å²) in [6.07, 6.45) is 0.785. The van der Waals surface area contributed by atoms with E-state index in [-0.39, 0.29) is 11.1 Å². The Hall–Kier alpha value is -4.22. The van der Waals surface area contributed by atoms with Gasteiger partial charge in [-0.2, -0.15) is 5.26 Å². The number of benzene rings is 2. The molecule has 1 aliphatic rings. The molecule has 0 saturated heterocycles. The average molecular weight is 456 g/mol. The number of carbonyl (C=O) groups is 2. The van der Waals surface area contributed by atoms with Gasteiger partial charge in [0, 0.05) is 48.6 Å². The monoisotopic (exact) mass is 455 g/mol. The van der Waals surface area contributed by atoms with Crippen LogP contribution in [-0.4, -0.2) is 22.5 Å². The van der Waals surface area contributed by atoms with Crippen LogP contribution in [0.25, 0.3) is 11.1 Å². The van der Waals surface area contributed by atoms with E-state index in [1.54, 1.807) is 35.9 Å². The molecular formula is C26H25N5O3. The summed E-state index contributed by atoms with van der Waals surface area (Å²) < 4.78 is 1.71. The molecule has 0 aliphatic carbocycles. The van der Waals surface area contributed by atoms with Gasteiger partial charge in [0.2, 0.25) is 0 Å². The number of rotatable bonds is 3. The number of hydrogen-bond acceptors (Lipinski definition) is 5. The summed E-state index contributed by atoms with van der Waals surface area (Å²) in [4.78, 5) is 38.0. The van der Waals surface area contributed by atoms with Gasteiger partial charge in [0.25, 0.3) is 11.5 Å². The van der Waals surface area contributed by atoms with E-state index < -0.39 is 11.9 Å². The van der Waals surface area contributed by atoms with Crippen molar-refractivity contribution in [3.8, 4) is 17.2 Å². The van der Waals surface area contributed by atoms with Gasteiger partial charge in [-0.15, -0.1) is 0 Å². The summed E-state index contributed by atoms with van der Waals surface area (Å²) in [6, 6.07) is 14.8. The molecular weight excluding hydrogens is 430 g/mol. The van der Waals surface area contributed by atoms with Gasteiger partial charge in [0.15, 0.2) is 0 Å². The van der Waals surface area contributed by atoms with Crippen molar-refractivity contribution in [1.82, 2.24) is 15.2 Å². The van der Waals surface area contributed by atoms with E-state index >= 15 is 0 Å². The first-order valence-electron chi connectivity index (χ1n) is 11.0. The van der Waals surface area contributed by atoms with E-state index in [0.717, 1.165) is 23.2 Å². The SMILES string of the molecule is Cc1ccc(NC(=O)NC(=O)c2cccc(C#N)c2)cc1-c1cc2c(n(C)c1=O)CC(C)NC2. The van der Waals surface area contributed by atoms with Crippen molar-refractivity contribution in [3.63, 3.8) is 0 Å². The Morgan fingerprint density at radius 1 is 1.15 bits per heavy atom. The highest BCUT2D eigenvalue weighted by Gasteiger charge is 2.21. The van der Waals surface area contributed by atoms with Crippen molar-refractivity contribution in [1.29, 1.82) is 5.26 Å². The molecule has 3 N–H and O–H groups in total. The van der Waals surface area contributed by atoms with E-state index in [1.807, 2.05) is 25.1 Å². The third-order valence-electron chi connectivity index (χ3n) is 6.04. The third kappa shape index (κ3) is 4.60. The van der Waals surface area contributed by atoms with Crippen LogP contribution in [0.4, 0.5) is 10.5 Å². The lowest BCUT2D eigenvalue weighted by Crippen LogP contribution is -2.37. The number of nitriles is 1. The van der Waals surface area contributed by atoms with E-state index in [0.29, 0.717) is 35.0 Å². The molecule has 0 bridgehead atoms. The highest BCUT2D eigenvalue weighted by atomic mass is 16.2. The van der Waals surface area contributed by atoms with Crippen LogP contribution in [0.3, 0.4) is 0 Å². The van der Waals surface area contributed by atoms with Crippen molar-refractivity contribution in [3.05, 3.63) is 86.8 Å². The number of aromatic nitrogens is 1. The number of aryl methyl sites for hydroxylation is 1. The second-order valence-corrected chi connectivity index (χ2v) is 8.51. The zero-order chi connectivity index (χ0) is 24.4. The van der Waals surface area contributed by atoms with Crippen LogP contribution in [-0.2, 0) is 20.0 Å². The summed E-state index contributed by atoms with van der Waals surface area (Å²) in [6.45, 7) is 4.69. The van der Waals surface area contributed by atoms with Crippen molar-refractivity contribution in [2.75, 3.05) is 5.32 Å². The van der Waals surface area contributed by atoms with Gasteiger partial charge < -0.3 is 15.2 Å². The zero-order valence-corrected chi connectivity index (χ0v) is 19.2. The number of nitrogens with zero attached hydrogens (tertiary/aromatic N) is 2. The molecule has 0 spiro atoms. The molecule has 1 aliphatic heterocycles. The Morgan fingerprint density at radius 3 is 2.71 bits per heavy atom. The lowest BCUT2D eigenvalue weighted by atomic mass is 9.95. The molecule has 1 atom stereocenters. The lowest BCUT2D eigenvalue weighted by Gasteiger charge is -2.26. The van der Waals surface area contributed by atoms with Gasteiger partial charge in [0.1, 0.15) is 0 Å². The van der Waals surface area contributed by atoms with Crippen LogP contribution in [0.5, 0.6) is 0 Å². The van der Waals surface area contributed by atoms with Crippen LogP contribution >= 0.6 is 0 Å². The molecule has 2 heterocycles. The lowest BCUT2D eigenvalue weighted by molar-refractivity contribution is 0.0967. The van der Waals surface area contributed by atoms with Crippen molar-refractivity contribution < 1.29 is 9.59 Å². The van der Waals surface area contributed by atoms with Crippen LogP contribution in [0, 0.1) is 18.3 Å². The first kappa shape index (κ1) is 23.0. The van der Waals surface area contributed by atoms with E-state index in [9.17, 15) is 14.4 Å². The fourth-order valence-electron chi connectivity index (χ4n) is 4.16. The second-order valence-electron chi connectivity index (χ2n) is 8.51. The number of imide groups is 1. The van der Waals surface area contributed by atoms with Crippen LogP contribution < -0.4 is 21.5 Å². The minimum absolute atomic E-state index is 0.0925. The van der Waals surface area contributed by atoms with Gasteiger partial charge in [-0.3, -0.25) is 14.9 Å². The minimum atomic E-state index is -0.710. The maximum atomic E-state index is 13.2. The van der Waals surface area contributed by atoms with Gasteiger partial charge in [-0.05, 0) is 66.9 Å². The fourth-order valence-corrected chi connectivity index (χ4v) is 4.16. The number of pyridine rings is 1. The third-order valence-corrected chi connectivity index (χ3v) is 6.04. The summed E-state index contributed by atoms with van der Waals surface area (Å²) in [5.74, 6) is -0.618. The van der Waals surface area contributed by atoms with E-state index in [1.165, 1.54) is 12.1 Å². The number of hydrogen-bond donors (Lipinski definition) is 3.